The molecule has 3 N–H and O–H groups in total. The zero-order valence-corrected chi connectivity index (χ0v) is 15.2. The number of hydrogen-bond acceptors (Lipinski definition) is 8. The van der Waals surface area contributed by atoms with Crippen molar-refractivity contribution >= 4 is 17.0 Å². The average molecular weight is 365 g/mol. The number of unbranched alkanes of at least 4 members (excludes halogenated alkanes) is 3. The van der Waals surface area contributed by atoms with Crippen LogP contribution in [0, 0.1) is 0 Å². The standard InChI is InChI=1S/C17H27N5O4/c1-3-4-5-6-7-25-14-13(24)11(8-23)26-17(14)22-10-21-12-15(18-2)19-9-20-16(12)22/h9-11,13-14,17,23-24H,3-8H2,1-2H3,(H,18,19,20)/t11-,13-,14-,17-/m1/s1. The molecule has 3 rings (SSSR count). The fourth-order valence-corrected chi connectivity index (χ4v) is 3.24. The van der Waals surface area contributed by atoms with Gasteiger partial charge in [0.15, 0.2) is 17.7 Å². The third kappa shape index (κ3) is 3.66. The molecule has 0 saturated carbocycles. The van der Waals surface area contributed by atoms with Crippen LogP contribution in [-0.4, -0.2) is 68.3 Å². The normalized spacial score (nSPS) is 25.8. The first kappa shape index (κ1) is 19.0. The number of ether oxygens (including phenoxy) is 2. The average Bonchev–Trinajstić information content (AvgIpc) is 3.22. The zero-order valence-electron chi connectivity index (χ0n) is 15.2. The monoisotopic (exact) mass is 365 g/mol. The summed E-state index contributed by atoms with van der Waals surface area (Å²) in [5.74, 6) is 0.614. The Morgan fingerprint density at radius 3 is 2.85 bits per heavy atom. The number of aliphatic hydroxyl groups is 2. The number of nitrogens with zero attached hydrogens (tertiary/aromatic N) is 4. The molecule has 9 nitrogen and oxygen atoms in total. The number of aromatic nitrogens is 4. The first-order valence-corrected chi connectivity index (χ1v) is 9.12. The number of imidazole rings is 1. The summed E-state index contributed by atoms with van der Waals surface area (Å²) >= 11 is 0. The van der Waals surface area contributed by atoms with Gasteiger partial charge in [-0.3, -0.25) is 4.57 Å². The van der Waals surface area contributed by atoms with E-state index < -0.39 is 24.5 Å². The maximum atomic E-state index is 10.5. The molecule has 0 spiro atoms. The second-order valence-electron chi connectivity index (χ2n) is 6.43. The second-order valence-corrected chi connectivity index (χ2v) is 6.43. The minimum absolute atomic E-state index is 0.281. The number of fused-ring (bicyclic) bond motifs is 1. The molecule has 26 heavy (non-hydrogen) atoms. The lowest BCUT2D eigenvalue weighted by atomic mass is 10.1. The van der Waals surface area contributed by atoms with E-state index in [4.69, 9.17) is 9.47 Å². The third-order valence-corrected chi connectivity index (χ3v) is 4.67. The summed E-state index contributed by atoms with van der Waals surface area (Å²) < 4.78 is 13.5. The van der Waals surface area contributed by atoms with E-state index in [-0.39, 0.29) is 6.61 Å². The number of rotatable bonds is 9. The van der Waals surface area contributed by atoms with Crippen molar-refractivity contribution in [3.63, 3.8) is 0 Å². The molecule has 9 heteroatoms. The molecule has 0 unspecified atom stereocenters. The minimum Gasteiger partial charge on any atom is -0.394 e. The molecule has 4 atom stereocenters. The fraction of sp³-hybridized carbons (Fsp3) is 0.706. The highest BCUT2D eigenvalue weighted by Gasteiger charge is 2.45. The van der Waals surface area contributed by atoms with Gasteiger partial charge in [0.05, 0.1) is 12.9 Å². The maximum absolute atomic E-state index is 10.5. The number of hydrogen-bond donors (Lipinski definition) is 3. The summed E-state index contributed by atoms with van der Waals surface area (Å²) in [6, 6.07) is 0. The van der Waals surface area contributed by atoms with E-state index in [1.54, 1.807) is 17.9 Å². The minimum atomic E-state index is -0.917. The van der Waals surface area contributed by atoms with Crippen LogP contribution in [0.15, 0.2) is 12.7 Å². The van der Waals surface area contributed by atoms with Crippen LogP contribution in [0.4, 0.5) is 5.82 Å². The van der Waals surface area contributed by atoms with Crippen molar-refractivity contribution in [2.24, 2.45) is 0 Å². The number of nitrogens with one attached hydrogen (secondary N) is 1. The molecule has 0 bridgehead atoms. The van der Waals surface area contributed by atoms with Gasteiger partial charge in [-0.2, -0.15) is 0 Å². The predicted octanol–water partition coefficient (Wildman–Crippen LogP) is 1.08. The lowest BCUT2D eigenvalue weighted by Crippen LogP contribution is -2.35. The second kappa shape index (κ2) is 8.72. The van der Waals surface area contributed by atoms with Crippen LogP contribution in [0.25, 0.3) is 11.2 Å². The molecule has 3 heterocycles. The van der Waals surface area contributed by atoms with E-state index in [0.29, 0.717) is 23.6 Å². The van der Waals surface area contributed by atoms with Crippen molar-refractivity contribution in [1.82, 2.24) is 19.5 Å². The molecular weight excluding hydrogens is 338 g/mol. The van der Waals surface area contributed by atoms with E-state index in [0.717, 1.165) is 25.7 Å². The van der Waals surface area contributed by atoms with Crippen molar-refractivity contribution in [3.8, 4) is 0 Å². The van der Waals surface area contributed by atoms with Gasteiger partial charge in [-0.25, -0.2) is 15.0 Å². The Balaban J connectivity index is 1.81. The summed E-state index contributed by atoms with van der Waals surface area (Å²) in [6.07, 6.45) is 4.53. The van der Waals surface area contributed by atoms with Gasteiger partial charge in [0.25, 0.3) is 0 Å². The zero-order chi connectivity index (χ0) is 18.5. The Hall–Kier alpha value is -1.81. The summed E-state index contributed by atoms with van der Waals surface area (Å²) in [4.78, 5) is 12.8. The molecule has 144 valence electrons. The van der Waals surface area contributed by atoms with Crippen LogP contribution >= 0.6 is 0 Å². The molecule has 0 radical (unpaired) electrons. The van der Waals surface area contributed by atoms with E-state index in [1.165, 1.54) is 6.33 Å². The molecule has 1 aliphatic heterocycles. The Labute approximate surface area is 152 Å². The van der Waals surface area contributed by atoms with Crippen molar-refractivity contribution in [2.45, 2.75) is 57.1 Å². The van der Waals surface area contributed by atoms with Crippen molar-refractivity contribution in [3.05, 3.63) is 12.7 Å². The SMILES string of the molecule is CCCCCCO[C@@H]1[C@H](O)[C@@H](CO)O[C@H]1n1cnc2c(NC)ncnc21. The molecule has 1 saturated heterocycles. The van der Waals surface area contributed by atoms with Crippen molar-refractivity contribution < 1.29 is 19.7 Å². The number of anilines is 1. The van der Waals surface area contributed by atoms with Gasteiger partial charge in [0.2, 0.25) is 0 Å². The molecule has 1 aliphatic rings. The summed E-state index contributed by atoms with van der Waals surface area (Å²) in [6.45, 7) is 2.41. The highest BCUT2D eigenvalue weighted by atomic mass is 16.6. The molecule has 2 aromatic rings. The van der Waals surface area contributed by atoms with Crippen LogP contribution < -0.4 is 5.32 Å². The van der Waals surface area contributed by atoms with Gasteiger partial charge >= 0.3 is 0 Å². The third-order valence-electron chi connectivity index (χ3n) is 4.67. The van der Waals surface area contributed by atoms with E-state index in [1.807, 2.05) is 0 Å². The highest BCUT2D eigenvalue weighted by molar-refractivity contribution is 5.82. The lowest BCUT2D eigenvalue weighted by Gasteiger charge is -2.22. The van der Waals surface area contributed by atoms with E-state index >= 15 is 0 Å². The first-order chi connectivity index (χ1) is 12.7. The Morgan fingerprint density at radius 2 is 2.12 bits per heavy atom. The summed E-state index contributed by atoms with van der Waals surface area (Å²) in [7, 11) is 1.76. The molecule has 0 aliphatic carbocycles. The van der Waals surface area contributed by atoms with Gasteiger partial charge in [-0.05, 0) is 6.42 Å². The highest BCUT2D eigenvalue weighted by Crippen LogP contribution is 2.34. The molecule has 0 amide bonds. The van der Waals surface area contributed by atoms with Gasteiger partial charge < -0.3 is 25.0 Å². The topological polar surface area (TPSA) is 115 Å². The Morgan fingerprint density at radius 1 is 1.27 bits per heavy atom. The van der Waals surface area contributed by atoms with Crippen molar-refractivity contribution in [2.75, 3.05) is 25.6 Å². The molecular formula is C17H27N5O4. The summed E-state index contributed by atoms with van der Waals surface area (Å²) in [5, 5.41) is 23.0. The van der Waals surface area contributed by atoms with Crippen molar-refractivity contribution in [1.29, 1.82) is 0 Å². The van der Waals surface area contributed by atoms with Gasteiger partial charge in [-0.1, -0.05) is 26.2 Å². The Kier molecular flexibility index (Phi) is 6.36. The van der Waals surface area contributed by atoms with Gasteiger partial charge in [0.1, 0.15) is 30.2 Å². The molecule has 2 aromatic heterocycles. The smallest absolute Gasteiger partial charge is 0.167 e. The van der Waals surface area contributed by atoms with Crippen LogP contribution in [0.3, 0.4) is 0 Å². The van der Waals surface area contributed by atoms with Gasteiger partial charge in [-0.15, -0.1) is 0 Å². The quantitative estimate of drug-likeness (QED) is 0.566. The van der Waals surface area contributed by atoms with E-state index in [9.17, 15) is 10.2 Å². The fourth-order valence-electron chi connectivity index (χ4n) is 3.24. The van der Waals surface area contributed by atoms with Crippen LogP contribution in [0.2, 0.25) is 0 Å². The van der Waals surface area contributed by atoms with Crippen LogP contribution in [-0.2, 0) is 9.47 Å². The lowest BCUT2D eigenvalue weighted by molar-refractivity contribution is -0.0711. The number of aliphatic hydroxyl groups excluding tert-OH is 2. The first-order valence-electron chi connectivity index (χ1n) is 9.12. The largest absolute Gasteiger partial charge is 0.394 e. The van der Waals surface area contributed by atoms with Crippen LogP contribution in [0.5, 0.6) is 0 Å². The van der Waals surface area contributed by atoms with Crippen LogP contribution in [0.1, 0.15) is 38.8 Å². The maximum Gasteiger partial charge on any atom is 0.167 e. The molecule has 1 fully saturated rings. The summed E-state index contributed by atoms with van der Waals surface area (Å²) in [5.41, 5.74) is 1.20. The predicted molar refractivity (Wildman–Crippen MR) is 95.8 cm³/mol. The van der Waals surface area contributed by atoms with E-state index in [2.05, 4.69) is 27.2 Å². The molecule has 0 aromatic carbocycles. The Bertz CT molecular complexity index is 710. The van der Waals surface area contributed by atoms with Gasteiger partial charge in [0, 0.05) is 13.7 Å².